The molecule has 0 fully saturated rings. The standard InChI is InChI=1S/C24H26ClNO4/c25-19-3-5-20(6-4-19)26(21-7-11-23(12-8-21)29-17-1-15-27)22-9-13-24(14-10-22)30-18-2-16-28/h3-14,27-28H,1-2,15-18H2. The van der Waals surface area contributed by atoms with Crippen molar-refractivity contribution in [2.75, 3.05) is 31.3 Å². The fourth-order valence-electron chi connectivity index (χ4n) is 2.93. The highest BCUT2D eigenvalue weighted by Crippen LogP contribution is 2.36. The summed E-state index contributed by atoms with van der Waals surface area (Å²) in [5.74, 6) is 1.52. The van der Waals surface area contributed by atoms with Crippen LogP contribution in [0.3, 0.4) is 0 Å². The Morgan fingerprint density at radius 2 is 0.967 bits per heavy atom. The second-order valence-electron chi connectivity index (χ2n) is 6.65. The van der Waals surface area contributed by atoms with Crippen LogP contribution in [0.5, 0.6) is 11.5 Å². The zero-order chi connectivity index (χ0) is 21.2. The van der Waals surface area contributed by atoms with E-state index in [0.717, 1.165) is 28.6 Å². The van der Waals surface area contributed by atoms with Gasteiger partial charge in [-0.2, -0.15) is 0 Å². The van der Waals surface area contributed by atoms with Crippen molar-refractivity contribution < 1.29 is 19.7 Å². The van der Waals surface area contributed by atoms with Crippen LogP contribution in [0.2, 0.25) is 5.02 Å². The number of hydrogen-bond acceptors (Lipinski definition) is 5. The van der Waals surface area contributed by atoms with E-state index < -0.39 is 0 Å². The van der Waals surface area contributed by atoms with Gasteiger partial charge in [0.15, 0.2) is 0 Å². The van der Waals surface area contributed by atoms with Gasteiger partial charge in [0.05, 0.1) is 13.2 Å². The summed E-state index contributed by atoms with van der Waals surface area (Å²) >= 11 is 6.08. The number of aliphatic hydroxyl groups is 2. The molecule has 0 amide bonds. The Kier molecular flexibility index (Phi) is 8.39. The van der Waals surface area contributed by atoms with Crippen molar-refractivity contribution in [2.45, 2.75) is 12.8 Å². The molecule has 3 rings (SSSR count). The number of anilines is 3. The monoisotopic (exact) mass is 427 g/mol. The summed E-state index contributed by atoms with van der Waals surface area (Å²) in [6.45, 7) is 1.19. The first-order valence-corrected chi connectivity index (χ1v) is 10.3. The third kappa shape index (κ3) is 6.13. The average Bonchev–Trinajstić information content (AvgIpc) is 2.78. The van der Waals surface area contributed by atoms with E-state index >= 15 is 0 Å². The van der Waals surface area contributed by atoms with Crippen molar-refractivity contribution in [3.63, 3.8) is 0 Å². The van der Waals surface area contributed by atoms with Crippen molar-refractivity contribution >= 4 is 28.7 Å². The van der Waals surface area contributed by atoms with Gasteiger partial charge in [0.25, 0.3) is 0 Å². The highest BCUT2D eigenvalue weighted by Gasteiger charge is 2.13. The molecule has 3 aromatic carbocycles. The molecule has 0 bridgehead atoms. The Morgan fingerprint density at radius 3 is 1.33 bits per heavy atom. The molecule has 0 saturated carbocycles. The van der Waals surface area contributed by atoms with Crippen LogP contribution in [0.25, 0.3) is 0 Å². The van der Waals surface area contributed by atoms with Crippen LogP contribution < -0.4 is 14.4 Å². The molecular formula is C24H26ClNO4. The highest BCUT2D eigenvalue weighted by molar-refractivity contribution is 6.30. The van der Waals surface area contributed by atoms with E-state index in [4.69, 9.17) is 31.3 Å². The molecule has 0 spiro atoms. The lowest BCUT2D eigenvalue weighted by Gasteiger charge is -2.26. The van der Waals surface area contributed by atoms with E-state index in [0.29, 0.717) is 31.1 Å². The third-order valence-corrected chi connectivity index (χ3v) is 4.67. The van der Waals surface area contributed by atoms with Crippen molar-refractivity contribution in [1.29, 1.82) is 0 Å². The van der Waals surface area contributed by atoms with E-state index in [1.54, 1.807) is 0 Å². The smallest absolute Gasteiger partial charge is 0.119 e. The van der Waals surface area contributed by atoms with Gasteiger partial charge in [0.1, 0.15) is 11.5 Å². The minimum atomic E-state index is 0.113. The average molecular weight is 428 g/mol. The molecule has 0 radical (unpaired) electrons. The van der Waals surface area contributed by atoms with Gasteiger partial charge in [-0.05, 0) is 72.8 Å². The first-order valence-electron chi connectivity index (χ1n) is 9.94. The molecule has 6 heteroatoms. The van der Waals surface area contributed by atoms with Gasteiger partial charge >= 0.3 is 0 Å². The fraction of sp³-hybridized carbons (Fsp3) is 0.250. The van der Waals surface area contributed by atoms with Crippen LogP contribution in [0, 0.1) is 0 Å². The lowest BCUT2D eigenvalue weighted by Crippen LogP contribution is -2.10. The van der Waals surface area contributed by atoms with Crippen molar-refractivity contribution in [3.05, 3.63) is 77.8 Å². The fourth-order valence-corrected chi connectivity index (χ4v) is 3.06. The minimum Gasteiger partial charge on any atom is -0.494 e. The van der Waals surface area contributed by atoms with E-state index in [9.17, 15) is 0 Å². The normalized spacial score (nSPS) is 10.6. The van der Waals surface area contributed by atoms with Crippen molar-refractivity contribution in [2.24, 2.45) is 0 Å². The quantitative estimate of drug-likeness (QED) is 0.405. The van der Waals surface area contributed by atoms with Crippen LogP contribution in [0.4, 0.5) is 17.1 Å². The highest BCUT2D eigenvalue weighted by atomic mass is 35.5. The predicted molar refractivity (Wildman–Crippen MR) is 121 cm³/mol. The maximum Gasteiger partial charge on any atom is 0.119 e. The molecule has 0 saturated heterocycles. The molecule has 158 valence electrons. The molecule has 30 heavy (non-hydrogen) atoms. The van der Waals surface area contributed by atoms with Gasteiger partial charge < -0.3 is 24.6 Å². The van der Waals surface area contributed by atoms with Gasteiger partial charge in [0.2, 0.25) is 0 Å². The van der Waals surface area contributed by atoms with Crippen LogP contribution in [-0.2, 0) is 0 Å². The summed E-state index contributed by atoms with van der Waals surface area (Å²) < 4.78 is 11.3. The third-order valence-electron chi connectivity index (χ3n) is 4.42. The van der Waals surface area contributed by atoms with E-state index in [2.05, 4.69) is 4.90 Å². The van der Waals surface area contributed by atoms with E-state index in [1.165, 1.54) is 0 Å². The largest absolute Gasteiger partial charge is 0.494 e. The second kappa shape index (κ2) is 11.5. The lowest BCUT2D eigenvalue weighted by atomic mass is 10.2. The van der Waals surface area contributed by atoms with Crippen LogP contribution in [0.1, 0.15) is 12.8 Å². The summed E-state index contributed by atoms with van der Waals surface area (Å²) in [4.78, 5) is 2.12. The van der Waals surface area contributed by atoms with Gasteiger partial charge in [-0.25, -0.2) is 0 Å². The Labute approximate surface area is 182 Å². The summed E-state index contributed by atoms with van der Waals surface area (Å²) in [5.41, 5.74) is 2.92. The summed E-state index contributed by atoms with van der Waals surface area (Å²) in [5, 5.41) is 18.5. The number of ether oxygens (including phenoxy) is 2. The molecule has 5 nitrogen and oxygen atoms in total. The van der Waals surface area contributed by atoms with Crippen LogP contribution in [-0.4, -0.2) is 36.6 Å². The number of aliphatic hydroxyl groups excluding tert-OH is 2. The van der Waals surface area contributed by atoms with Gasteiger partial charge in [-0.1, -0.05) is 11.6 Å². The summed E-state index contributed by atoms with van der Waals surface area (Å²) in [6, 6.07) is 23.3. The minimum absolute atomic E-state index is 0.113. The van der Waals surface area contributed by atoms with Gasteiger partial charge in [-0.3, -0.25) is 0 Å². The van der Waals surface area contributed by atoms with Gasteiger partial charge in [0, 0.05) is 48.1 Å². The molecule has 0 aliphatic carbocycles. The number of rotatable bonds is 11. The Bertz CT molecular complexity index is 829. The maximum absolute atomic E-state index is 8.90. The Hall–Kier alpha value is -2.73. The van der Waals surface area contributed by atoms with Crippen LogP contribution in [0.15, 0.2) is 72.8 Å². The SMILES string of the molecule is OCCCOc1ccc(N(c2ccc(Cl)cc2)c2ccc(OCCCO)cc2)cc1. The number of hydrogen-bond donors (Lipinski definition) is 2. The summed E-state index contributed by atoms with van der Waals surface area (Å²) in [6.07, 6.45) is 1.21. The number of halogens is 1. The van der Waals surface area contributed by atoms with Crippen molar-refractivity contribution in [3.8, 4) is 11.5 Å². The second-order valence-corrected chi connectivity index (χ2v) is 7.09. The molecule has 0 unspecified atom stereocenters. The molecular weight excluding hydrogens is 402 g/mol. The topological polar surface area (TPSA) is 62.2 Å². The molecule has 0 atom stereocenters. The molecule has 0 heterocycles. The summed E-state index contributed by atoms with van der Waals surface area (Å²) in [7, 11) is 0. The van der Waals surface area contributed by atoms with Gasteiger partial charge in [-0.15, -0.1) is 0 Å². The molecule has 3 aromatic rings. The molecule has 0 aliphatic heterocycles. The molecule has 0 aromatic heterocycles. The molecule has 2 N–H and O–H groups in total. The lowest BCUT2D eigenvalue weighted by molar-refractivity contribution is 0.233. The zero-order valence-electron chi connectivity index (χ0n) is 16.7. The number of nitrogens with zero attached hydrogens (tertiary/aromatic N) is 1. The first-order chi connectivity index (χ1) is 14.7. The number of benzene rings is 3. The zero-order valence-corrected chi connectivity index (χ0v) is 17.5. The first kappa shape index (κ1) is 22.0. The Balaban J connectivity index is 1.85. The van der Waals surface area contributed by atoms with E-state index in [-0.39, 0.29) is 13.2 Å². The van der Waals surface area contributed by atoms with Crippen molar-refractivity contribution in [1.82, 2.24) is 0 Å². The molecule has 0 aliphatic rings. The Morgan fingerprint density at radius 1 is 0.600 bits per heavy atom. The van der Waals surface area contributed by atoms with Crippen LogP contribution >= 0.6 is 11.6 Å². The maximum atomic E-state index is 8.90. The van der Waals surface area contributed by atoms with E-state index in [1.807, 2.05) is 72.8 Å². The predicted octanol–water partition coefficient (Wildman–Crippen LogP) is 5.33.